The van der Waals surface area contributed by atoms with Crippen molar-refractivity contribution < 1.29 is 4.79 Å². The Labute approximate surface area is 118 Å². The molecule has 2 rings (SSSR count). The molecule has 0 aromatic carbocycles. The summed E-state index contributed by atoms with van der Waals surface area (Å²) in [6.07, 6.45) is 10.7. The van der Waals surface area contributed by atoms with Crippen molar-refractivity contribution in [3.05, 3.63) is 0 Å². The second-order valence-electron chi connectivity index (χ2n) is 6.15. The Morgan fingerprint density at radius 1 is 1.16 bits per heavy atom. The van der Waals surface area contributed by atoms with Gasteiger partial charge in [-0.05, 0) is 44.9 Å². The number of nitrogens with zero attached hydrogens (tertiary/aromatic N) is 2. The molecule has 0 aromatic rings. The Morgan fingerprint density at radius 3 is 2.58 bits per heavy atom. The lowest BCUT2D eigenvalue weighted by Gasteiger charge is -2.34. The Morgan fingerprint density at radius 2 is 1.95 bits per heavy atom. The lowest BCUT2D eigenvalue weighted by molar-refractivity contribution is -0.134. The van der Waals surface area contributed by atoms with Crippen LogP contribution in [0.1, 0.15) is 64.7 Å². The van der Waals surface area contributed by atoms with Gasteiger partial charge in [-0.2, -0.15) is 0 Å². The summed E-state index contributed by atoms with van der Waals surface area (Å²) < 4.78 is 0. The van der Waals surface area contributed by atoms with Gasteiger partial charge in [0.2, 0.25) is 5.91 Å². The normalized spacial score (nSPS) is 25.2. The maximum atomic E-state index is 12.4. The van der Waals surface area contributed by atoms with Crippen LogP contribution in [0.2, 0.25) is 0 Å². The maximum Gasteiger partial charge on any atom is 0.222 e. The molecule has 0 bridgehead atoms. The minimum Gasteiger partial charge on any atom is -0.340 e. The summed E-state index contributed by atoms with van der Waals surface area (Å²) in [5, 5.41) is 4.47. The van der Waals surface area contributed by atoms with Crippen molar-refractivity contribution in [3.8, 4) is 0 Å². The molecule has 1 saturated carbocycles. The van der Waals surface area contributed by atoms with E-state index in [1.54, 1.807) is 0 Å². The molecule has 1 unspecified atom stereocenters. The second kappa shape index (κ2) is 7.88. The third-order valence-corrected chi connectivity index (χ3v) is 4.76. The van der Waals surface area contributed by atoms with Crippen molar-refractivity contribution in [2.75, 3.05) is 19.6 Å². The van der Waals surface area contributed by atoms with Crippen LogP contribution in [0.3, 0.4) is 0 Å². The minimum absolute atomic E-state index is 0.389. The van der Waals surface area contributed by atoms with Crippen LogP contribution in [0.25, 0.3) is 0 Å². The van der Waals surface area contributed by atoms with Crippen molar-refractivity contribution in [3.63, 3.8) is 0 Å². The average molecular weight is 265 g/mol. The number of amides is 1. The zero-order chi connectivity index (χ0) is 13.5. The predicted molar refractivity (Wildman–Crippen MR) is 78.1 cm³/mol. The molecule has 1 aliphatic heterocycles. The highest BCUT2D eigenvalue weighted by Gasteiger charge is 2.24. The van der Waals surface area contributed by atoms with Gasteiger partial charge in [-0.1, -0.05) is 19.3 Å². The smallest absolute Gasteiger partial charge is 0.222 e. The first-order chi connectivity index (χ1) is 9.31. The molecule has 1 amide bonds. The van der Waals surface area contributed by atoms with E-state index in [-0.39, 0.29) is 0 Å². The van der Waals surface area contributed by atoms with E-state index in [1.165, 1.54) is 44.9 Å². The van der Waals surface area contributed by atoms with E-state index in [0.717, 1.165) is 32.5 Å². The molecule has 1 atom stereocenters. The number of hydrogen-bond acceptors (Lipinski definition) is 1. The quantitative estimate of drug-likeness (QED) is 0.752. The van der Waals surface area contributed by atoms with Gasteiger partial charge in [-0.3, -0.25) is 4.79 Å². The van der Waals surface area contributed by atoms with E-state index in [0.29, 0.717) is 17.9 Å². The molecular weight excluding hydrogens is 236 g/mol. The van der Waals surface area contributed by atoms with E-state index < -0.39 is 0 Å². The Kier molecular flexibility index (Phi) is 6.15. The van der Waals surface area contributed by atoms with Crippen LogP contribution in [0.4, 0.5) is 0 Å². The molecule has 19 heavy (non-hydrogen) atoms. The molecule has 3 heteroatoms. The molecule has 109 valence electrons. The zero-order valence-corrected chi connectivity index (χ0v) is 12.4. The molecule has 0 N–H and O–H groups in total. The molecule has 2 aliphatic rings. The van der Waals surface area contributed by atoms with Gasteiger partial charge in [-0.15, -0.1) is 0 Å². The number of carbonyl (C=O) groups is 1. The number of carbonyl (C=O) groups excluding carboxylic acids is 1. The van der Waals surface area contributed by atoms with Gasteiger partial charge in [0.25, 0.3) is 0 Å². The van der Waals surface area contributed by atoms with Crippen LogP contribution in [0, 0.1) is 5.92 Å². The maximum absolute atomic E-state index is 12.4. The molecule has 1 radical (unpaired) electrons. The molecule has 3 nitrogen and oxygen atoms in total. The highest BCUT2D eigenvalue weighted by atomic mass is 16.2. The highest BCUT2D eigenvalue weighted by molar-refractivity contribution is 5.76. The highest BCUT2D eigenvalue weighted by Crippen LogP contribution is 2.24. The summed E-state index contributed by atoms with van der Waals surface area (Å²) in [4.78, 5) is 14.6. The number of rotatable bonds is 5. The van der Waals surface area contributed by atoms with Crippen LogP contribution < -0.4 is 5.32 Å². The summed E-state index contributed by atoms with van der Waals surface area (Å²) in [5.41, 5.74) is 0. The molecule has 0 spiro atoms. The fraction of sp³-hybridized carbons (Fsp3) is 0.938. The second-order valence-corrected chi connectivity index (χ2v) is 6.15. The fourth-order valence-electron chi connectivity index (χ4n) is 3.59. The molecule has 0 aromatic heterocycles. The predicted octanol–water partition coefficient (Wildman–Crippen LogP) is 2.96. The lowest BCUT2D eigenvalue weighted by atomic mass is 9.92. The van der Waals surface area contributed by atoms with Crippen LogP contribution >= 0.6 is 0 Å². The fourth-order valence-corrected chi connectivity index (χ4v) is 3.59. The average Bonchev–Trinajstić information content (AvgIpc) is 2.48. The largest absolute Gasteiger partial charge is 0.340 e. The first kappa shape index (κ1) is 14.8. The van der Waals surface area contributed by atoms with Crippen molar-refractivity contribution in [2.24, 2.45) is 5.92 Å². The SMILES string of the molecule is CCN(C(=O)CCC1CCC[N]C1)C1CCCCC1. The Hall–Kier alpha value is -0.570. The van der Waals surface area contributed by atoms with Gasteiger partial charge < -0.3 is 4.90 Å². The van der Waals surface area contributed by atoms with Gasteiger partial charge in [0.15, 0.2) is 0 Å². The van der Waals surface area contributed by atoms with Crippen molar-refractivity contribution in [1.82, 2.24) is 10.2 Å². The number of hydrogen-bond donors (Lipinski definition) is 0. The van der Waals surface area contributed by atoms with E-state index in [4.69, 9.17) is 0 Å². The first-order valence-corrected chi connectivity index (χ1v) is 8.24. The van der Waals surface area contributed by atoms with Crippen LogP contribution in [-0.4, -0.2) is 36.5 Å². The van der Waals surface area contributed by atoms with E-state index in [2.05, 4.69) is 17.1 Å². The van der Waals surface area contributed by atoms with Gasteiger partial charge in [-0.25, -0.2) is 5.32 Å². The minimum atomic E-state index is 0.389. The lowest BCUT2D eigenvalue weighted by Crippen LogP contribution is -2.41. The summed E-state index contributed by atoms with van der Waals surface area (Å²) in [6.45, 7) is 5.04. The molecule has 2 fully saturated rings. The molecule has 1 saturated heterocycles. The van der Waals surface area contributed by atoms with Crippen LogP contribution in [0.15, 0.2) is 0 Å². The van der Waals surface area contributed by atoms with Crippen molar-refractivity contribution in [1.29, 1.82) is 0 Å². The Bertz CT molecular complexity index is 268. The van der Waals surface area contributed by atoms with Gasteiger partial charge in [0.1, 0.15) is 0 Å². The van der Waals surface area contributed by atoms with Crippen LogP contribution in [0.5, 0.6) is 0 Å². The first-order valence-electron chi connectivity index (χ1n) is 8.24. The summed E-state index contributed by atoms with van der Waals surface area (Å²) in [5.74, 6) is 1.06. The summed E-state index contributed by atoms with van der Waals surface area (Å²) in [7, 11) is 0. The van der Waals surface area contributed by atoms with Gasteiger partial charge in [0.05, 0.1) is 0 Å². The Balaban J connectivity index is 1.75. The molecule has 1 heterocycles. The summed E-state index contributed by atoms with van der Waals surface area (Å²) >= 11 is 0. The third-order valence-electron chi connectivity index (χ3n) is 4.76. The third kappa shape index (κ3) is 4.48. The summed E-state index contributed by atoms with van der Waals surface area (Å²) in [6, 6.07) is 0.530. The van der Waals surface area contributed by atoms with E-state index in [1.807, 2.05) is 0 Å². The standard InChI is InChI=1S/C16H29N2O/c1-2-18(15-8-4-3-5-9-15)16(19)11-10-14-7-6-12-17-13-14/h14-15H,2-13H2,1H3. The number of piperidine rings is 1. The monoisotopic (exact) mass is 265 g/mol. The topological polar surface area (TPSA) is 34.4 Å². The molecule has 1 aliphatic carbocycles. The van der Waals surface area contributed by atoms with Gasteiger partial charge >= 0.3 is 0 Å². The van der Waals surface area contributed by atoms with Gasteiger partial charge in [0, 0.05) is 32.1 Å². The van der Waals surface area contributed by atoms with E-state index >= 15 is 0 Å². The van der Waals surface area contributed by atoms with Crippen molar-refractivity contribution in [2.45, 2.75) is 70.8 Å². The zero-order valence-electron chi connectivity index (χ0n) is 12.4. The van der Waals surface area contributed by atoms with E-state index in [9.17, 15) is 4.79 Å². The van der Waals surface area contributed by atoms with Crippen molar-refractivity contribution >= 4 is 5.91 Å². The van der Waals surface area contributed by atoms with Crippen LogP contribution in [-0.2, 0) is 4.79 Å². The molecular formula is C16H29N2O.